The van der Waals surface area contributed by atoms with Gasteiger partial charge in [0.2, 0.25) is 0 Å². The maximum absolute atomic E-state index is 10.8. The van der Waals surface area contributed by atoms with Crippen molar-refractivity contribution in [1.29, 1.82) is 0 Å². The fourth-order valence-electron chi connectivity index (χ4n) is 1.41. The van der Waals surface area contributed by atoms with Gasteiger partial charge in [0, 0.05) is 12.0 Å². The van der Waals surface area contributed by atoms with Crippen LogP contribution in [0.15, 0.2) is 24.8 Å². The molecule has 0 saturated heterocycles. The van der Waals surface area contributed by atoms with Crippen LogP contribution in [0.4, 0.5) is 0 Å². The van der Waals surface area contributed by atoms with Crippen LogP contribution in [0, 0.1) is 5.92 Å². The molecule has 0 N–H and O–H groups in total. The summed E-state index contributed by atoms with van der Waals surface area (Å²) in [5.41, 5.74) is 0. The van der Waals surface area contributed by atoms with Crippen LogP contribution in [-0.2, 0) is 9.53 Å². The molecule has 2 atom stereocenters. The number of hydrogen-bond donors (Lipinski definition) is 0. The van der Waals surface area contributed by atoms with E-state index in [-0.39, 0.29) is 12.1 Å². The zero-order chi connectivity index (χ0) is 8.97. The summed E-state index contributed by atoms with van der Waals surface area (Å²) >= 11 is 0. The lowest BCUT2D eigenvalue weighted by Crippen LogP contribution is -2.27. The van der Waals surface area contributed by atoms with E-state index in [0.717, 1.165) is 12.8 Å². The van der Waals surface area contributed by atoms with Gasteiger partial charge in [-0.05, 0) is 12.8 Å². The third kappa shape index (κ3) is 1.97. The summed E-state index contributed by atoms with van der Waals surface area (Å²) in [6, 6.07) is 0. The van der Waals surface area contributed by atoms with E-state index in [9.17, 15) is 4.79 Å². The van der Waals surface area contributed by atoms with Gasteiger partial charge in [-0.2, -0.15) is 0 Å². The van der Waals surface area contributed by atoms with Crippen molar-refractivity contribution in [1.82, 2.24) is 0 Å². The average molecular weight is 166 g/mol. The number of ether oxygens (including phenoxy) is 1. The largest absolute Gasteiger partial charge is 0.459 e. The first-order valence-corrected chi connectivity index (χ1v) is 4.27. The van der Waals surface area contributed by atoms with Crippen LogP contribution in [0.2, 0.25) is 0 Å². The number of cyclic esters (lactones) is 1. The second kappa shape index (κ2) is 4.10. The first-order valence-electron chi connectivity index (χ1n) is 4.27. The molecule has 0 amide bonds. The maximum Gasteiger partial charge on any atom is 0.330 e. The summed E-state index contributed by atoms with van der Waals surface area (Å²) in [6.07, 6.45) is 7.07. The van der Waals surface area contributed by atoms with Crippen molar-refractivity contribution in [3.63, 3.8) is 0 Å². The van der Waals surface area contributed by atoms with Crippen LogP contribution in [0.3, 0.4) is 0 Å². The Morgan fingerprint density at radius 3 is 3.08 bits per heavy atom. The Morgan fingerprint density at radius 1 is 1.75 bits per heavy atom. The molecule has 0 fully saturated rings. The molecule has 66 valence electrons. The van der Waals surface area contributed by atoms with E-state index in [1.165, 1.54) is 6.08 Å². The molecule has 1 aliphatic rings. The van der Waals surface area contributed by atoms with Gasteiger partial charge in [0.15, 0.2) is 0 Å². The molecule has 2 nitrogen and oxygen atoms in total. The number of esters is 1. The second-order valence-corrected chi connectivity index (χ2v) is 2.93. The molecule has 2 unspecified atom stereocenters. The van der Waals surface area contributed by atoms with E-state index in [1.807, 2.05) is 19.1 Å². The van der Waals surface area contributed by atoms with E-state index >= 15 is 0 Å². The highest BCUT2D eigenvalue weighted by Crippen LogP contribution is 2.21. The standard InChI is InChI=1S/C10H14O2/c1-3-5-8-6-7-10(11)12-9(8)4-2/h3,6-9H,1,4-5H2,2H3. The Morgan fingerprint density at radius 2 is 2.50 bits per heavy atom. The van der Waals surface area contributed by atoms with Gasteiger partial charge in [-0.3, -0.25) is 0 Å². The molecule has 1 heterocycles. The van der Waals surface area contributed by atoms with Gasteiger partial charge < -0.3 is 4.74 Å². The maximum atomic E-state index is 10.8. The molecule has 0 radical (unpaired) electrons. The molecule has 0 bridgehead atoms. The quantitative estimate of drug-likeness (QED) is 0.474. The summed E-state index contributed by atoms with van der Waals surface area (Å²) in [4.78, 5) is 10.8. The molecular weight excluding hydrogens is 152 g/mol. The molecule has 0 aromatic heterocycles. The predicted octanol–water partition coefficient (Wildman–Crippen LogP) is 2.07. The topological polar surface area (TPSA) is 26.3 Å². The fraction of sp³-hybridized carbons (Fsp3) is 0.500. The highest BCUT2D eigenvalue weighted by Gasteiger charge is 2.23. The van der Waals surface area contributed by atoms with Crippen LogP contribution in [0.5, 0.6) is 0 Å². The minimum atomic E-state index is -0.220. The van der Waals surface area contributed by atoms with Crippen molar-refractivity contribution in [2.45, 2.75) is 25.9 Å². The monoisotopic (exact) mass is 166 g/mol. The molecule has 1 rings (SSSR count). The van der Waals surface area contributed by atoms with Gasteiger partial charge in [0.25, 0.3) is 0 Å². The molecule has 0 spiro atoms. The SMILES string of the molecule is C=CCC1C=CC(=O)OC1CC. The Kier molecular flexibility index (Phi) is 3.09. The number of rotatable bonds is 3. The summed E-state index contributed by atoms with van der Waals surface area (Å²) in [5.74, 6) is 0.104. The molecular formula is C10H14O2. The van der Waals surface area contributed by atoms with Crippen molar-refractivity contribution in [3.05, 3.63) is 24.8 Å². The number of hydrogen-bond acceptors (Lipinski definition) is 2. The van der Waals surface area contributed by atoms with E-state index in [4.69, 9.17) is 4.74 Å². The number of allylic oxidation sites excluding steroid dienone is 1. The number of carbonyl (C=O) groups excluding carboxylic acids is 1. The zero-order valence-corrected chi connectivity index (χ0v) is 7.32. The Hall–Kier alpha value is -1.05. The Labute approximate surface area is 72.9 Å². The third-order valence-electron chi connectivity index (χ3n) is 2.07. The van der Waals surface area contributed by atoms with E-state index < -0.39 is 0 Å². The summed E-state index contributed by atoms with van der Waals surface area (Å²) in [5, 5.41) is 0. The molecule has 0 aliphatic carbocycles. The Bertz CT molecular complexity index is 206. The number of carbonyl (C=O) groups is 1. The van der Waals surface area contributed by atoms with Crippen molar-refractivity contribution < 1.29 is 9.53 Å². The minimum Gasteiger partial charge on any atom is -0.459 e. The smallest absolute Gasteiger partial charge is 0.330 e. The van der Waals surface area contributed by atoms with Crippen molar-refractivity contribution in [3.8, 4) is 0 Å². The summed E-state index contributed by atoms with van der Waals surface area (Å²) in [7, 11) is 0. The minimum absolute atomic E-state index is 0.0421. The first kappa shape index (κ1) is 9.04. The van der Waals surface area contributed by atoms with E-state index in [2.05, 4.69) is 6.58 Å². The van der Waals surface area contributed by atoms with Crippen molar-refractivity contribution in [2.24, 2.45) is 5.92 Å². The predicted molar refractivity (Wildman–Crippen MR) is 47.6 cm³/mol. The fourth-order valence-corrected chi connectivity index (χ4v) is 1.41. The Balaban J connectivity index is 2.63. The van der Waals surface area contributed by atoms with Gasteiger partial charge in [0.1, 0.15) is 6.10 Å². The van der Waals surface area contributed by atoms with Gasteiger partial charge in [0.05, 0.1) is 0 Å². The lowest BCUT2D eigenvalue weighted by atomic mass is 9.94. The third-order valence-corrected chi connectivity index (χ3v) is 2.07. The first-order chi connectivity index (χ1) is 5.77. The summed E-state index contributed by atoms with van der Waals surface area (Å²) < 4.78 is 5.13. The highest BCUT2D eigenvalue weighted by molar-refractivity contribution is 5.82. The van der Waals surface area contributed by atoms with Gasteiger partial charge in [-0.1, -0.05) is 19.1 Å². The van der Waals surface area contributed by atoms with Crippen molar-refractivity contribution >= 4 is 5.97 Å². The van der Waals surface area contributed by atoms with Crippen LogP contribution >= 0.6 is 0 Å². The molecule has 0 aromatic rings. The lowest BCUT2D eigenvalue weighted by Gasteiger charge is -2.25. The van der Waals surface area contributed by atoms with Crippen molar-refractivity contribution in [2.75, 3.05) is 0 Å². The summed E-state index contributed by atoms with van der Waals surface area (Å²) in [6.45, 7) is 5.69. The second-order valence-electron chi connectivity index (χ2n) is 2.93. The van der Waals surface area contributed by atoms with Crippen LogP contribution in [0.25, 0.3) is 0 Å². The van der Waals surface area contributed by atoms with Crippen LogP contribution in [0.1, 0.15) is 19.8 Å². The van der Waals surface area contributed by atoms with E-state index in [0.29, 0.717) is 5.92 Å². The molecule has 2 heteroatoms. The van der Waals surface area contributed by atoms with Gasteiger partial charge in [-0.25, -0.2) is 4.79 Å². The van der Waals surface area contributed by atoms with Gasteiger partial charge in [-0.15, -0.1) is 6.58 Å². The van der Waals surface area contributed by atoms with E-state index in [1.54, 1.807) is 0 Å². The molecule has 12 heavy (non-hydrogen) atoms. The zero-order valence-electron chi connectivity index (χ0n) is 7.32. The molecule has 1 aliphatic heterocycles. The molecule has 0 aromatic carbocycles. The average Bonchev–Trinajstić information content (AvgIpc) is 2.08. The normalized spacial score (nSPS) is 28.2. The van der Waals surface area contributed by atoms with Crippen LogP contribution in [-0.4, -0.2) is 12.1 Å². The lowest BCUT2D eigenvalue weighted by molar-refractivity contribution is -0.146. The van der Waals surface area contributed by atoms with Gasteiger partial charge >= 0.3 is 5.97 Å². The highest BCUT2D eigenvalue weighted by atomic mass is 16.5. The van der Waals surface area contributed by atoms with Crippen LogP contribution < -0.4 is 0 Å². The molecule has 0 saturated carbocycles.